The van der Waals surface area contributed by atoms with Crippen LogP contribution in [0, 0.1) is 0 Å². The second kappa shape index (κ2) is 6.92. The third kappa shape index (κ3) is 3.16. The lowest BCUT2D eigenvalue weighted by Gasteiger charge is -2.25. The number of thioether (sulfide) groups is 1. The monoisotopic (exact) mass is 355 g/mol. The van der Waals surface area contributed by atoms with Crippen LogP contribution >= 0.6 is 11.8 Å². The highest BCUT2D eigenvalue weighted by molar-refractivity contribution is 8.16. The number of carbonyl (C=O) groups is 1. The molecular weight excluding hydrogens is 334 g/mol. The largest absolute Gasteiger partial charge is 0.349 e. The van der Waals surface area contributed by atoms with E-state index in [2.05, 4.69) is 37.8 Å². The maximum atomic E-state index is 12.4. The molecule has 0 unspecified atom stereocenters. The summed E-state index contributed by atoms with van der Waals surface area (Å²) in [6.45, 7) is 5.22. The lowest BCUT2D eigenvalue weighted by atomic mass is 10.2. The lowest BCUT2D eigenvalue weighted by molar-refractivity contribution is -0.120. The van der Waals surface area contributed by atoms with Crippen LogP contribution in [-0.2, 0) is 17.9 Å². The molecule has 1 amide bonds. The molecule has 0 radical (unpaired) electrons. The molecule has 25 heavy (non-hydrogen) atoms. The molecule has 0 bridgehead atoms. The smallest absolute Gasteiger partial charge is 0.226 e. The average molecular weight is 355 g/mol. The summed E-state index contributed by atoms with van der Waals surface area (Å²) in [5.74, 6) is 0.917. The molecule has 1 aromatic carbocycles. The number of aromatic nitrogens is 2. The second-order valence-corrected chi connectivity index (χ2v) is 6.95. The number of nitrogens with one attached hydrogen (secondary N) is 1. The van der Waals surface area contributed by atoms with Gasteiger partial charge in [-0.2, -0.15) is 0 Å². The Balaban J connectivity index is 1.41. The molecular formula is C18H21N5OS. The summed E-state index contributed by atoms with van der Waals surface area (Å²) in [4.78, 5) is 23.7. The van der Waals surface area contributed by atoms with E-state index in [4.69, 9.17) is 0 Å². The Hall–Kier alpha value is -2.28. The van der Waals surface area contributed by atoms with Gasteiger partial charge in [0.1, 0.15) is 5.82 Å². The molecule has 2 aliphatic heterocycles. The predicted octanol–water partition coefficient (Wildman–Crippen LogP) is 2.71. The lowest BCUT2D eigenvalue weighted by Crippen LogP contribution is -2.32. The number of para-hydroxylation sites is 2. The number of rotatable bonds is 5. The van der Waals surface area contributed by atoms with Crippen molar-refractivity contribution in [1.82, 2.24) is 19.8 Å². The second-order valence-electron chi connectivity index (χ2n) is 6.11. The maximum Gasteiger partial charge on any atom is 0.226 e. The van der Waals surface area contributed by atoms with Crippen LogP contribution in [0.15, 0.2) is 40.4 Å². The van der Waals surface area contributed by atoms with E-state index in [1.54, 1.807) is 11.8 Å². The number of aryl methyl sites for hydroxylation is 1. The number of hydrogen-bond donors (Lipinski definition) is 1. The Morgan fingerprint density at radius 3 is 3.12 bits per heavy atom. The van der Waals surface area contributed by atoms with E-state index >= 15 is 0 Å². The zero-order valence-electron chi connectivity index (χ0n) is 14.2. The van der Waals surface area contributed by atoms with E-state index in [0.717, 1.165) is 53.8 Å². The Kier molecular flexibility index (Phi) is 4.48. The molecule has 4 rings (SSSR count). The zero-order valence-corrected chi connectivity index (χ0v) is 15.1. The Bertz CT molecular complexity index is 869. The summed E-state index contributed by atoms with van der Waals surface area (Å²) in [6, 6.07) is 8.07. The maximum absolute atomic E-state index is 12.4. The van der Waals surface area contributed by atoms with Gasteiger partial charge in [0.05, 0.1) is 24.0 Å². The molecule has 0 spiro atoms. The number of aliphatic imine (C=N–C) groups is 1. The molecule has 130 valence electrons. The van der Waals surface area contributed by atoms with E-state index in [1.807, 2.05) is 23.6 Å². The average Bonchev–Trinajstić information content (AvgIpc) is 3.21. The van der Waals surface area contributed by atoms with Crippen LogP contribution < -0.4 is 5.32 Å². The summed E-state index contributed by atoms with van der Waals surface area (Å²) in [5.41, 5.74) is 3.13. The van der Waals surface area contributed by atoms with Crippen molar-refractivity contribution in [1.29, 1.82) is 0 Å². The van der Waals surface area contributed by atoms with Crippen LogP contribution in [0.3, 0.4) is 0 Å². The van der Waals surface area contributed by atoms with Crippen molar-refractivity contribution in [2.75, 3.05) is 13.1 Å². The highest BCUT2D eigenvalue weighted by Gasteiger charge is 2.26. The van der Waals surface area contributed by atoms with Crippen LogP contribution in [0.25, 0.3) is 11.0 Å². The van der Waals surface area contributed by atoms with Crippen molar-refractivity contribution in [2.24, 2.45) is 4.99 Å². The first-order valence-corrected chi connectivity index (χ1v) is 9.52. The van der Waals surface area contributed by atoms with Gasteiger partial charge in [-0.1, -0.05) is 23.9 Å². The van der Waals surface area contributed by atoms with Crippen LogP contribution in [0.1, 0.15) is 25.6 Å². The van der Waals surface area contributed by atoms with Gasteiger partial charge in [0.2, 0.25) is 5.91 Å². The van der Waals surface area contributed by atoms with Crippen molar-refractivity contribution in [3.05, 3.63) is 41.2 Å². The molecule has 6 nitrogen and oxygen atoms in total. The van der Waals surface area contributed by atoms with Gasteiger partial charge < -0.3 is 14.8 Å². The molecule has 0 saturated carbocycles. The molecule has 0 fully saturated rings. The molecule has 2 aromatic rings. The highest BCUT2D eigenvalue weighted by Crippen LogP contribution is 2.30. The fraction of sp³-hybridized carbons (Fsp3) is 0.389. The fourth-order valence-electron chi connectivity index (χ4n) is 3.29. The number of benzene rings is 1. The minimum Gasteiger partial charge on any atom is -0.349 e. The van der Waals surface area contributed by atoms with Gasteiger partial charge in [0, 0.05) is 25.3 Å². The zero-order chi connectivity index (χ0) is 17.2. The standard InChI is InChI=1S/C18H21N5OS/c1-2-22-15-7-4-3-6-14(15)21-16(22)11-20-17(24)10-13-12-25-18-19-8-5-9-23(13)18/h3-4,6-7,12H,2,5,8-11H2,1H3,(H,20,24). The number of fused-ring (bicyclic) bond motifs is 2. The first-order chi connectivity index (χ1) is 12.3. The molecule has 1 N–H and O–H groups in total. The summed E-state index contributed by atoms with van der Waals surface area (Å²) in [7, 11) is 0. The Labute approximate surface area is 151 Å². The van der Waals surface area contributed by atoms with E-state index in [0.29, 0.717) is 13.0 Å². The molecule has 3 heterocycles. The van der Waals surface area contributed by atoms with Gasteiger partial charge in [-0.15, -0.1) is 0 Å². The highest BCUT2D eigenvalue weighted by atomic mass is 32.2. The SMILES string of the molecule is CCn1c(CNC(=O)CC2=CSC3=NCCCN23)nc2ccccc21. The number of nitrogens with zero attached hydrogens (tertiary/aromatic N) is 4. The van der Waals surface area contributed by atoms with Gasteiger partial charge in [0.15, 0.2) is 5.17 Å². The van der Waals surface area contributed by atoms with Crippen molar-refractivity contribution in [3.8, 4) is 0 Å². The summed E-state index contributed by atoms with van der Waals surface area (Å²) >= 11 is 1.62. The van der Waals surface area contributed by atoms with Gasteiger partial charge in [-0.3, -0.25) is 9.79 Å². The number of imidazole rings is 1. The molecule has 1 aromatic heterocycles. The Morgan fingerprint density at radius 1 is 1.36 bits per heavy atom. The van der Waals surface area contributed by atoms with E-state index in [9.17, 15) is 4.79 Å². The molecule has 0 atom stereocenters. The number of hydrogen-bond acceptors (Lipinski definition) is 5. The molecule has 2 aliphatic rings. The third-order valence-electron chi connectivity index (χ3n) is 4.50. The van der Waals surface area contributed by atoms with Crippen molar-refractivity contribution in [3.63, 3.8) is 0 Å². The number of carbonyl (C=O) groups excluding carboxylic acids is 1. The van der Waals surface area contributed by atoms with E-state index in [1.165, 1.54) is 0 Å². The molecule has 0 saturated heterocycles. The Morgan fingerprint density at radius 2 is 2.24 bits per heavy atom. The first kappa shape index (κ1) is 16.2. The summed E-state index contributed by atoms with van der Waals surface area (Å²) in [5, 5.41) is 6.09. The van der Waals surface area contributed by atoms with Crippen LogP contribution in [0.5, 0.6) is 0 Å². The van der Waals surface area contributed by atoms with Gasteiger partial charge in [-0.25, -0.2) is 4.98 Å². The quantitative estimate of drug-likeness (QED) is 0.896. The predicted molar refractivity (Wildman–Crippen MR) is 101 cm³/mol. The number of amidine groups is 1. The molecule has 7 heteroatoms. The summed E-state index contributed by atoms with van der Waals surface area (Å²) in [6.07, 6.45) is 1.43. The molecule has 0 aliphatic carbocycles. The van der Waals surface area contributed by atoms with Crippen molar-refractivity contribution in [2.45, 2.75) is 32.9 Å². The topological polar surface area (TPSA) is 62.5 Å². The fourth-order valence-corrected chi connectivity index (χ4v) is 4.24. The third-order valence-corrected chi connectivity index (χ3v) is 5.45. The van der Waals surface area contributed by atoms with Gasteiger partial charge >= 0.3 is 0 Å². The van der Waals surface area contributed by atoms with E-state index in [-0.39, 0.29) is 5.91 Å². The van der Waals surface area contributed by atoms with Crippen molar-refractivity contribution < 1.29 is 4.79 Å². The van der Waals surface area contributed by atoms with Crippen LogP contribution in [-0.4, -0.2) is 38.6 Å². The summed E-state index contributed by atoms with van der Waals surface area (Å²) < 4.78 is 2.15. The van der Waals surface area contributed by atoms with Gasteiger partial charge in [0.25, 0.3) is 0 Å². The normalized spacial score (nSPS) is 16.6. The van der Waals surface area contributed by atoms with Crippen LogP contribution in [0.4, 0.5) is 0 Å². The number of amides is 1. The minimum atomic E-state index is 0.0217. The van der Waals surface area contributed by atoms with Crippen molar-refractivity contribution >= 4 is 33.9 Å². The minimum absolute atomic E-state index is 0.0217. The van der Waals surface area contributed by atoms with Crippen LogP contribution in [0.2, 0.25) is 0 Å². The van der Waals surface area contributed by atoms with Gasteiger partial charge in [-0.05, 0) is 30.9 Å². The first-order valence-electron chi connectivity index (χ1n) is 8.65. The van der Waals surface area contributed by atoms with E-state index < -0.39 is 0 Å².